The minimum Gasteiger partial charge on any atom is -0.343 e. The van der Waals surface area contributed by atoms with Gasteiger partial charge in [0, 0.05) is 44.8 Å². The molecule has 2 aliphatic heterocycles. The highest BCUT2D eigenvalue weighted by molar-refractivity contribution is 5.96. The number of piperidine rings is 1. The normalized spacial score (nSPS) is 18.0. The highest BCUT2D eigenvalue weighted by Crippen LogP contribution is 2.10. The topological polar surface area (TPSA) is 73.0 Å². The number of carbonyl (C=O) groups is 3. The molecule has 0 aliphatic carbocycles. The summed E-state index contributed by atoms with van der Waals surface area (Å²) < 4.78 is 0. The number of benzene rings is 1. The zero-order chi connectivity index (χ0) is 19.9. The molecule has 2 aliphatic rings. The average Bonchev–Trinajstić information content (AvgIpc) is 2.73. The van der Waals surface area contributed by atoms with Gasteiger partial charge in [0.05, 0.1) is 13.1 Å². The number of hydrogen-bond acceptors (Lipinski definition) is 4. The maximum atomic E-state index is 12.4. The Bertz CT molecular complexity index is 707. The monoisotopic (exact) mass is 386 g/mol. The van der Waals surface area contributed by atoms with Gasteiger partial charge in [0.15, 0.2) is 0 Å². The van der Waals surface area contributed by atoms with Crippen molar-refractivity contribution in [3.8, 4) is 0 Å². The van der Waals surface area contributed by atoms with Crippen molar-refractivity contribution in [2.75, 3.05) is 52.4 Å². The lowest BCUT2D eigenvalue weighted by Crippen LogP contribution is -2.53. The van der Waals surface area contributed by atoms with Crippen LogP contribution in [0.3, 0.4) is 0 Å². The van der Waals surface area contributed by atoms with Crippen LogP contribution in [0.25, 0.3) is 0 Å². The van der Waals surface area contributed by atoms with Crippen LogP contribution in [0.15, 0.2) is 24.3 Å². The molecule has 7 nitrogen and oxygen atoms in total. The fraction of sp³-hybridized carbons (Fsp3) is 0.571. The highest BCUT2D eigenvalue weighted by atomic mass is 16.2. The summed E-state index contributed by atoms with van der Waals surface area (Å²) in [6, 6.07) is 7.30. The van der Waals surface area contributed by atoms with Gasteiger partial charge in [-0.1, -0.05) is 17.7 Å². The van der Waals surface area contributed by atoms with E-state index in [1.54, 1.807) is 17.0 Å². The fourth-order valence-electron chi connectivity index (χ4n) is 3.75. The number of amides is 3. The maximum absolute atomic E-state index is 12.4. The predicted molar refractivity (Wildman–Crippen MR) is 107 cm³/mol. The van der Waals surface area contributed by atoms with E-state index in [2.05, 4.69) is 10.2 Å². The molecule has 28 heavy (non-hydrogen) atoms. The summed E-state index contributed by atoms with van der Waals surface area (Å²) in [7, 11) is 0. The molecule has 1 aromatic carbocycles. The molecule has 3 amide bonds. The molecule has 0 spiro atoms. The van der Waals surface area contributed by atoms with Crippen molar-refractivity contribution in [1.82, 2.24) is 20.0 Å². The third-order valence-electron chi connectivity index (χ3n) is 5.47. The van der Waals surface area contributed by atoms with Gasteiger partial charge in [0.25, 0.3) is 5.91 Å². The van der Waals surface area contributed by atoms with Gasteiger partial charge in [-0.15, -0.1) is 0 Å². The number of carbonyl (C=O) groups excluding carboxylic acids is 3. The minimum absolute atomic E-state index is 0.000512. The number of piperazine rings is 1. The van der Waals surface area contributed by atoms with Crippen LogP contribution >= 0.6 is 0 Å². The molecule has 0 aromatic heterocycles. The zero-order valence-electron chi connectivity index (χ0n) is 16.7. The second kappa shape index (κ2) is 9.68. The van der Waals surface area contributed by atoms with Crippen LogP contribution < -0.4 is 5.32 Å². The van der Waals surface area contributed by atoms with E-state index in [0.29, 0.717) is 38.3 Å². The Balaban J connectivity index is 1.38. The molecule has 2 fully saturated rings. The van der Waals surface area contributed by atoms with E-state index in [1.165, 1.54) is 6.42 Å². The quantitative estimate of drug-likeness (QED) is 0.816. The molecular formula is C21H30N4O3. The van der Waals surface area contributed by atoms with Gasteiger partial charge >= 0.3 is 0 Å². The molecule has 2 saturated heterocycles. The van der Waals surface area contributed by atoms with Crippen molar-refractivity contribution in [3.63, 3.8) is 0 Å². The molecule has 1 N–H and O–H groups in total. The van der Waals surface area contributed by atoms with E-state index in [1.807, 2.05) is 24.0 Å². The standard InChI is InChI=1S/C21H30N4O3/c1-17-6-5-7-18(14-17)21(28)22-15-19(26)25-12-10-23(11-13-25)16-20(27)24-8-3-2-4-9-24/h5-7,14H,2-4,8-13,15-16H2,1H3,(H,22,28). The first kappa shape index (κ1) is 20.3. The summed E-state index contributed by atoms with van der Waals surface area (Å²) >= 11 is 0. The molecule has 0 saturated carbocycles. The van der Waals surface area contributed by atoms with Crippen molar-refractivity contribution in [2.24, 2.45) is 0 Å². The molecule has 152 valence electrons. The first-order chi connectivity index (χ1) is 13.5. The number of rotatable bonds is 5. The van der Waals surface area contributed by atoms with E-state index in [9.17, 15) is 14.4 Å². The first-order valence-electron chi connectivity index (χ1n) is 10.2. The second-order valence-corrected chi connectivity index (χ2v) is 7.65. The third kappa shape index (κ3) is 5.55. The molecule has 2 heterocycles. The highest BCUT2D eigenvalue weighted by Gasteiger charge is 2.25. The van der Waals surface area contributed by atoms with E-state index >= 15 is 0 Å². The smallest absolute Gasteiger partial charge is 0.251 e. The Labute approximate surface area is 166 Å². The third-order valence-corrected chi connectivity index (χ3v) is 5.47. The fourth-order valence-corrected chi connectivity index (χ4v) is 3.75. The predicted octanol–water partition coefficient (Wildman–Crippen LogP) is 0.882. The van der Waals surface area contributed by atoms with E-state index in [4.69, 9.17) is 0 Å². The van der Waals surface area contributed by atoms with E-state index in [0.717, 1.165) is 31.5 Å². The summed E-state index contributed by atoms with van der Waals surface area (Å²) in [4.78, 5) is 42.8. The van der Waals surface area contributed by atoms with Crippen LogP contribution in [-0.4, -0.2) is 84.8 Å². The molecule has 7 heteroatoms. The first-order valence-corrected chi connectivity index (χ1v) is 10.2. The van der Waals surface area contributed by atoms with Gasteiger partial charge in [-0.05, 0) is 38.3 Å². The van der Waals surface area contributed by atoms with Crippen LogP contribution in [0.5, 0.6) is 0 Å². The maximum Gasteiger partial charge on any atom is 0.251 e. The van der Waals surface area contributed by atoms with E-state index < -0.39 is 0 Å². The number of hydrogen-bond donors (Lipinski definition) is 1. The average molecular weight is 386 g/mol. The summed E-state index contributed by atoms with van der Waals surface area (Å²) in [6.07, 6.45) is 3.41. The Hall–Kier alpha value is -2.41. The molecular weight excluding hydrogens is 356 g/mol. The van der Waals surface area contributed by atoms with E-state index in [-0.39, 0.29) is 24.3 Å². The largest absolute Gasteiger partial charge is 0.343 e. The van der Waals surface area contributed by atoms with Crippen molar-refractivity contribution < 1.29 is 14.4 Å². The van der Waals surface area contributed by atoms with Crippen molar-refractivity contribution >= 4 is 17.7 Å². The SMILES string of the molecule is Cc1cccc(C(=O)NCC(=O)N2CCN(CC(=O)N3CCCCC3)CC2)c1. The minimum atomic E-state index is -0.234. The van der Waals surface area contributed by atoms with Crippen LogP contribution in [0.2, 0.25) is 0 Å². The summed E-state index contributed by atoms with van der Waals surface area (Å²) in [5.74, 6) is -0.115. The summed E-state index contributed by atoms with van der Waals surface area (Å²) in [5, 5.41) is 2.71. The molecule has 0 unspecified atom stereocenters. The lowest BCUT2D eigenvalue weighted by atomic mass is 10.1. The number of nitrogens with one attached hydrogen (secondary N) is 1. The lowest BCUT2D eigenvalue weighted by molar-refractivity contribution is -0.135. The van der Waals surface area contributed by atoms with Crippen molar-refractivity contribution in [1.29, 1.82) is 0 Å². The zero-order valence-corrected chi connectivity index (χ0v) is 16.7. The summed E-state index contributed by atoms with van der Waals surface area (Å²) in [6.45, 7) is 6.67. The Kier molecular flexibility index (Phi) is 7.03. The van der Waals surface area contributed by atoms with Crippen LogP contribution in [0.1, 0.15) is 35.2 Å². The Morgan fingerprint density at radius 2 is 1.57 bits per heavy atom. The molecule has 3 rings (SSSR count). The van der Waals surface area contributed by atoms with Gasteiger partial charge < -0.3 is 15.1 Å². The molecule has 0 atom stereocenters. The van der Waals surface area contributed by atoms with Gasteiger partial charge in [0.2, 0.25) is 11.8 Å². The van der Waals surface area contributed by atoms with Crippen LogP contribution in [-0.2, 0) is 9.59 Å². The van der Waals surface area contributed by atoms with Crippen LogP contribution in [0.4, 0.5) is 0 Å². The van der Waals surface area contributed by atoms with Gasteiger partial charge in [-0.25, -0.2) is 0 Å². The Morgan fingerprint density at radius 3 is 2.25 bits per heavy atom. The number of nitrogens with zero attached hydrogens (tertiary/aromatic N) is 3. The number of likely N-dealkylation sites (tertiary alicyclic amines) is 1. The molecule has 0 bridgehead atoms. The van der Waals surface area contributed by atoms with Gasteiger partial charge in [0.1, 0.15) is 0 Å². The van der Waals surface area contributed by atoms with Crippen LogP contribution in [0, 0.1) is 6.92 Å². The number of aryl methyl sites for hydroxylation is 1. The van der Waals surface area contributed by atoms with Crippen molar-refractivity contribution in [2.45, 2.75) is 26.2 Å². The molecule has 0 radical (unpaired) electrons. The van der Waals surface area contributed by atoms with Crippen molar-refractivity contribution in [3.05, 3.63) is 35.4 Å². The Morgan fingerprint density at radius 1 is 0.893 bits per heavy atom. The van der Waals surface area contributed by atoms with Gasteiger partial charge in [-0.2, -0.15) is 0 Å². The second-order valence-electron chi connectivity index (χ2n) is 7.65. The molecule has 1 aromatic rings. The van der Waals surface area contributed by atoms with Gasteiger partial charge in [-0.3, -0.25) is 19.3 Å². The lowest BCUT2D eigenvalue weighted by Gasteiger charge is -2.36. The summed E-state index contributed by atoms with van der Waals surface area (Å²) in [5.41, 5.74) is 1.57.